The van der Waals surface area contributed by atoms with Crippen LogP contribution < -0.4 is 4.74 Å². The predicted octanol–water partition coefficient (Wildman–Crippen LogP) is 2.45. The second-order valence-corrected chi connectivity index (χ2v) is 6.07. The van der Waals surface area contributed by atoms with Gasteiger partial charge in [-0.3, -0.25) is 0 Å². The largest absolute Gasteiger partial charge is 0.486 e. The molecule has 0 saturated heterocycles. The molecule has 6 heteroatoms. The molecule has 0 fully saturated rings. The van der Waals surface area contributed by atoms with E-state index in [2.05, 4.69) is 11.1 Å². The molecule has 2 N–H and O–H groups in total. The summed E-state index contributed by atoms with van der Waals surface area (Å²) in [4.78, 5) is 15.3. The van der Waals surface area contributed by atoms with Crippen LogP contribution in [0.2, 0.25) is 0 Å². The van der Waals surface area contributed by atoms with Crippen LogP contribution in [0.1, 0.15) is 17.0 Å². The van der Waals surface area contributed by atoms with Gasteiger partial charge in [-0.2, -0.15) is 0 Å². The Kier molecular flexibility index (Phi) is 4.72. The summed E-state index contributed by atoms with van der Waals surface area (Å²) in [6, 6.07) is 13.1. The van der Waals surface area contributed by atoms with Crippen molar-refractivity contribution in [3.63, 3.8) is 0 Å². The van der Waals surface area contributed by atoms with Gasteiger partial charge in [-0.05, 0) is 42.3 Å². The van der Waals surface area contributed by atoms with Crippen molar-refractivity contribution in [1.29, 1.82) is 0 Å². The summed E-state index contributed by atoms with van der Waals surface area (Å²) in [6.45, 7) is 2.38. The van der Waals surface area contributed by atoms with Gasteiger partial charge in [-0.25, -0.2) is 9.78 Å². The first-order valence-electron chi connectivity index (χ1n) is 7.98. The Morgan fingerprint density at radius 1 is 1.24 bits per heavy atom. The maximum atomic E-state index is 10.7. The Hall–Kier alpha value is -2.86. The highest BCUT2D eigenvalue weighted by atomic mass is 16.5. The van der Waals surface area contributed by atoms with E-state index in [1.165, 1.54) is 5.56 Å². The van der Waals surface area contributed by atoms with Gasteiger partial charge >= 0.3 is 5.97 Å². The van der Waals surface area contributed by atoms with Crippen LogP contribution in [0.4, 0.5) is 0 Å². The molecule has 0 bridgehead atoms. The summed E-state index contributed by atoms with van der Waals surface area (Å²) < 4.78 is 7.79. The maximum absolute atomic E-state index is 10.7. The number of aliphatic carboxylic acids is 1. The highest BCUT2D eigenvalue weighted by molar-refractivity contribution is 5.76. The minimum absolute atomic E-state index is 0.0692. The summed E-state index contributed by atoms with van der Waals surface area (Å²) in [6.07, 6.45) is -1.32. The molecule has 0 aliphatic carbocycles. The standard InChI is InChI=1S/C19H20N2O4/c1-12-3-8-15-16(9-12)21(2)18(20-15)11-25-14-6-4-13(5-7-14)10-17(22)19(23)24/h3-9,17,22H,10-11H2,1-2H3,(H,23,24). The second-order valence-electron chi connectivity index (χ2n) is 6.07. The fourth-order valence-corrected chi connectivity index (χ4v) is 2.66. The molecule has 25 heavy (non-hydrogen) atoms. The number of benzene rings is 2. The Morgan fingerprint density at radius 2 is 1.96 bits per heavy atom. The van der Waals surface area contributed by atoms with Crippen LogP contribution in [0.3, 0.4) is 0 Å². The lowest BCUT2D eigenvalue weighted by atomic mass is 10.1. The molecular formula is C19H20N2O4. The van der Waals surface area contributed by atoms with Gasteiger partial charge in [0.15, 0.2) is 6.10 Å². The van der Waals surface area contributed by atoms with Crippen molar-refractivity contribution in [2.75, 3.05) is 0 Å². The van der Waals surface area contributed by atoms with Gasteiger partial charge in [0.2, 0.25) is 0 Å². The average molecular weight is 340 g/mol. The normalized spacial score (nSPS) is 12.3. The van der Waals surface area contributed by atoms with Gasteiger partial charge in [0.1, 0.15) is 18.2 Å². The molecule has 0 aliphatic heterocycles. The van der Waals surface area contributed by atoms with Gasteiger partial charge in [-0.15, -0.1) is 0 Å². The van der Waals surface area contributed by atoms with Crippen LogP contribution >= 0.6 is 0 Å². The average Bonchev–Trinajstić information content (AvgIpc) is 2.90. The first-order chi connectivity index (χ1) is 11.9. The Labute approximate surface area is 145 Å². The molecule has 0 amide bonds. The van der Waals surface area contributed by atoms with Crippen LogP contribution in [0.15, 0.2) is 42.5 Å². The van der Waals surface area contributed by atoms with Crippen molar-refractivity contribution in [2.24, 2.45) is 7.05 Å². The number of fused-ring (bicyclic) bond motifs is 1. The zero-order valence-electron chi connectivity index (χ0n) is 14.1. The van der Waals surface area contributed by atoms with Gasteiger partial charge in [0, 0.05) is 13.5 Å². The minimum atomic E-state index is -1.39. The van der Waals surface area contributed by atoms with E-state index in [-0.39, 0.29) is 6.42 Å². The lowest BCUT2D eigenvalue weighted by molar-refractivity contribution is -0.146. The van der Waals surface area contributed by atoms with Crippen LogP contribution in [0.5, 0.6) is 5.75 Å². The molecule has 130 valence electrons. The van der Waals surface area contributed by atoms with Gasteiger partial charge in [0.05, 0.1) is 11.0 Å². The van der Waals surface area contributed by atoms with Crippen molar-refractivity contribution in [3.8, 4) is 5.75 Å². The quantitative estimate of drug-likeness (QED) is 0.720. The number of nitrogens with zero attached hydrogens (tertiary/aromatic N) is 2. The smallest absolute Gasteiger partial charge is 0.332 e. The lowest BCUT2D eigenvalue weighted by Crippen LogP contribution is -2.21. The number of hydrogen-bond acceptors (Lipinski definition) is 4. The lowest BCUT2D eigenvalue weighted by Gasteiger charge is -2.09. The van der Waals surface area contributed by atoms with Crippen LogP contribution in [-0.2, 0) is 24.9 Å². The molecule has 6 nitrogen and oxygen atoms in total. The Bertz CT molecular complexity index is 900. The monoisotopic (exact) mass is 340 g/mol. The van der Waals surface area contributed by atoms with Crippen LogP contribution in [-0.4, -0.2) is 31.8 Å². The van der Waals surface area contributed by atoms with E-state index < -0.39 is 12.1 Å². The fraction of sp³-hybridized carbons (Fsp3) is 0.263. The van der Waals surface area contributed by atoms with E-state index in [1.54, 1.807) is 24.3 Å². The SMILES string of the molecule is Cc1ccc2nc(COc3ccc(CC(O)C(=O)O)cc3)n(C)c2c1. The Balaban J connectivity index is 1.67. The number of aromatic nitrogens is 2. The summed E-state index contributed by atoms with van der Waals surface area (Å²) in [7, 11) is 1.96. The van der Waals surface area contributed by atoms with Crippen molar-refractivity contribution in [2.45, 2.75) is 26.1 Å². The number of carboxylic acid groups (broad SMARTS) is 1. The molecule has 0 radical (unpaired) electrons. The molecule has 1 heterocycles. The molecular weight excluding hydrogens is 320 g/mol. The van der Waals surface area contributed by atoms with Gasteiger partial charge < -0.3 is 19.5 Å². The molecule has 1 aromatic heterocycles. The van der Waals surface area contributed by atoms with E-state index in [4.69, 9.17) is 9.84 Å². The van der Waals surface area contributed by atoms with Gasteiger partial charge in [0.25, 0.3) is 0 Å². The first kappa shape index (κ1) is 17.0. The number of rotatable bonds is 6. The van der Waals surface area contributed by atoms with Crippen LogP contribution in [0.25, 0.3) is 11.0 Å². The minimum Gasteiger partial charge on any atom is -0.486 e. The molecule has 0 aliphatic rings. The second kappa shape index (κ2) is 6.94. The first-order valence-corrected chi connectivity index (χ1v) is 7.98. The van der Waals surface area contributed by atoms with Crippen LogP contribution in [0, 0.1) is 6.92 Å². The van der Waals surface area contributed by atoms with Gasteiger partial charge in [-0.1, -0.05) is 18.2 Å². The topological polar surface area (TPSA) is 84.6 Å². The van der Waals surface area contributed by atoms with E-state index in [1.807, 2.05) is 30.7 Å². The van der Waals surface area contributed by atoms with Crippen molar-refractivity contribution >= 4 is 17.0 Å². The summed E-state index contributed by atoms with van der Waals surface area (Å²) in [5.74, 6) is 0.264. The number of carbonyl (C=O) groups is 1. The molecule has 0 saturated carbocycles. The third-order valence-corrected chi connectivity index (χ3v) is 4.13. The number of hydrogen-bond donors (Lipinski definition) is 2. The summed E-state index contributed by atoms with van der Waals surface area (Å²) in [5.41, 5.74) is 3.92. The fourth-order valence-electron chi connectivity index (χ4n) is 2.66. The summed E-state index contributed by atoms with van der Waals surface area (Å²) >= 11 is 0. The number of imidazole rings is 1. The number of aliphatic hydroxyl groups is 1. The number of ether oxygens (including phenoxy) is 1. The van der Waals surface area contributed by atoms with E-state index in [0.717, 1.165) is 22.4 Å². The maximum Gasteiger partial charge on any atom is 0.332 e. The molecule has 2 aromatic carbocycles. The molecule has 1 atom stereocenters. The highest BCUT2D eigenvalue weighted by Gasteiger charge is 2.13. The van der Waals surface area contributed by atoms with E-state index in [9.17, 15) is 9.90 Å². The number of aryl methyl sites for hydroxylation is 2. The number of carboxylic acids is 1. The molecule has 3 rings (SSSR count). The highest BCUT2D eigenvalue weighted by Crippen LogP contribution is 2.19. The Morgan fingerprint density at radius 3 is 2.64 bits per heavy atom. The third-order valence-electron chi connectivity index (χ3n) is 4.13. The van der Waals surface area contributed by atoms with E-state index in [0.29, 0.717) is 12.4 Å². The predicted molar refractivity (Wildman–Crippen MR) is 93.6 cm³/mol. The van der Waals surface area contributed by atoms with E-state index >= 15 is 0 Å². The zero-order valence-corrected chi connectivity index (χ0v) is 14.1. The third kappa shape index (κ3) is 3.80. The van der Waals surface area contributed by atoms with Crippen molar-refractivity contribution in [1.82, 2.24) is 9.55 Å². The van der Waals surface area contributed by atoms with Crippen molar-refractivity contribution in [3.05, 3.63) is 59.4 Å². The summed E-state index contributed by atoms with van der Waals surface area (Å²) in [5, 5.41) is 18.1. The number of aliphatic hydroxyl groups excluding tert-OH is 1. The molecule has 3 aromatic rings. The molecule has 1 unspecified atom stereocenters. The zero-order chi connectivity index (χ0) is 18.0. The molecule has 0 spiro atoms. The van der Waals surface area contributed by atoms with Crippen molar-refractivity contribution < 1.29 is 19.7 Å².